The molecule has 0 fully saturated rings. The molecule has 2 aromatic rings. The van der Waals surface area contributed by atoms with E-state index in [9.17, 15) is 0 Å². The number of aromatic nitrogens is 1. The second kappa shape index (κ2) is 5.35. The molecule has 3 nitrogen and oxygen atoms in total. The van der Waals surface area contributed by atoms with Gasteiger partial charge in [-0.05, 0) is 25.1 Å². The van der Waals surface area contributed by atoms with Crippen LogP contribution in [-0.4, -0.2) is 12.1 Å². The first kappa shape index (κ1) is 12.2. The van der Waals surface area contributed by atoms with Crippen molar-refractivity contribution < 1.29 is 7.80 Å². The predicted molar refractivity (Wildman–Crippen MR) is 75.6 cm³/mol. The molecular formula is C13H12INO2. The van der Waals surface area contributed by atoms with Gasteiger partial charge in [0.25, 0.3) is 0 Å². The van der Waals surface area contributed by atoms with Crippen molar-refractivity contribution in [2.75, 3.05) is 7.11 Å². The summed E-state index contributed by atoms with van der Waals surface area (Å²) in [5, 5.41) is 0. The fourth-order valence-electron chi connectivity index (χ4n) is 1.71. The van der Waals surface area contributed by atoms with Gasteiger partial charge in [-0.15, -0.1) is 0 Å². The van der Waals surface area contributed by atoms with Gasteiger partial charge >= 0.3 is 0 Å². The van der Waals surface area contributed by atoms with Crippen LogP contribution < -0.4 is 7.80 Å². The molecular weight excluding hydrogens is 329 g/mol. The number of halogens is 1. The maximum atomic E-state index is 5.39. The minimum Gasteiger partial charge on any atom is -0.496 e. The van der Waals surface area contributed by atoms with Gasteiger partial charge in [0, 0.05) is 29.1 Å². The van der Waals surface area contributed by atoms with Crippen LogP contribution >= 0.6 is 23.0 Å². The van der Waals surface area contributed by atoms with E-state index in [0.29, 0.717) is 0 Å². The fraction of sp³-hybridized carbons (Fsp3) is 0.154. The average Bonchev–Trinajstić information content (AvgIpc) is 2.38. The molecule has 17 heavy (non-hydrogen) atoms. The Kier molecular flexibility index (Phi) is 3.83. The molecule has 0 aliphatic heterocycles. The van der Waals surface area contributed by atoms with E-state index in [4.69, 9.17) is 7.80 Å². The third-order valence-electron chi connectivity index (χ3n) is 2.56. The Morgan fingerprint density at radius 2 is 2.00 bits per heavy atom. The lowest BCUT2D eigenvalue weighted by atomic mass is 10.0. The fourth-order valence-corrected chi connectivity index (χ4v) is 1.98. The zero-order chi connectivity index (χ0) is 12.3. The second-order valence-electron chi connectivity index (χ2n) is 3.58. The van der Waals surface area contributed by atoms with E-state index in [-0.39, 0.29) is 0 Å². The van der Waals surface area contributed by atoms with Gasteiger partial charge in [0.15, 0.2) is 23.0 Å². The van der Waals surface area contributed by atoms with E-state index in [0.717, 1.165) is 28.3 Å². The lowest BCUT2D eigenvalue weighted by Gasteiger charge is -2.11. The minimum atomic E-state index is 0.771. The third-order valence-corrected chi connectivity index (χ3v) is 3.07. The van der Waals surface area contributed by atoms with Crippen molar-refractivity contribution in [1.82, 2.24) is 4.98 Å². The molecule has 0 unspecified atom stereocenters. The van der Waals surface area contributed by atoms with E-state index >= 15 is 0 Å². The second-order valence-corrected chi connectivity index (χ2v) is 4.02. The van der Waals surface area contributed by atoms with E-state index in [2.05, 4.69) is 4.98 Å². The smallest absolute Gasteiger partial charge is 0.192 e. The summed E-state index contributed by atoms with van der Waals surface area (Å²) in [4.78, 5) is 4.29. The average molecular weight is 341 g/mol. The van der Waals surface area contributed by atoms with Gasteiger partial charge in [0.1, 0.15) is 11.5 Å². The zero-order valence-corrected chi connectivity index (χ0v) is 11.8. The summed E-state index contributed by atoms with van der Waals surface area (Å²) in [5.74, 6) is 1.56. The standard InChI is InChI=1S/C13H12INO2/c1-9-11(4-3-7-15-9)12-6-5-10(17-14)8-13(12)16-2/h3-8H,1-2H3. The third kappa shape index (κ3) is 2.52. The summed E-state index contributed by atoms with van der Waals surface area (Å²) in [6.07, 6.45) is 1.79. The van der Waals surface area contributed by atoms with Crippen molar-refractivity contribution in [2.24, 2.45) is 0 Å². The van der Waals surface area contributed by atoms with Crippen LogP contribution in [0.5, 0.6) is 11.5 Å². The largest absolute Gasteiger partial charge is 0.496 e. The molecule has 88 valence electrons. The summed E-state index contributed by atoms with van der Waals surface area (Å²) in [5.41, 5.74) is 3.08. The molecule has 0 saturated heterocycles. The molecule has 2 rings (SSSR count). The first-order chi connectivity index (χ1) is 8.26. The Bertz CT molecular complexity index is 529. The molecule has 1 aromatic carbocycles. The van der Waals surface area contributed by atoms with Gasteiger partial charge in [0.2, 0.25) is 0 Å². The molecule has 0 radical (unpaired) electrons. The van der Waals surface area contributed by atoms with Crippen molar-refractivity contribution >= 4 is 23.0 Å². The highest BCUT2D eigenvalue weighted by Crippen LogP contribution is 2.34. The lowest BCUT2D eigenvalue weighted by molar-refractivity contribution is 0.415. The van der Waals surface area contributed by atoms with Gasteiger partial charge in [0.05, 0.1) is 7.11 Å². The number of aryl methyl sites for hydroxylation is 1. The van der Waals surface area contributed by atoms with Gasteiger partial charge in [-0.2, -0.15) is 0 Å². The molecule has 1 aromatic heterocycles. The molecule has 0 bridgehead atoms. The number of hydrogen-bond acceptors (Lipinski definition) is 3. The molecule has 0 saturated carbocycles. The van der Waals surface area contributed by atoms with Gasteiger partial charge < -0.3 is 7.80 Å². The number of hydrogen-bond donors (Lipinski definition) is 0. The SMILES string of the molecule is COc1cc(OI)ccc1-c1cccnc1C. The topological polar surface area (TPSA) is 31.4 Å². The van der Waals surface area contributed by atoms with Crippen LogP contribution in [0.15, 0.2) is 36.5 Å². The number of benzene rings is 1. The number of pyridine rings is 1. The van der Waals surface area contributed by atoms with Crippen molar-refractivity contribution in [3.63, 3.8) is 0 Å². The van der Waals surface area contributed by atoms with Crippen LogP contribution in [0.1, 0.15) is 5.69 Å². The first-order valence-corrected chi connectivity index (χ1v) is 6.03. The van der Waals surface area contributed by atoms with Gasteiger partial charge in [-0.25, -0.2) is 0 Å². The summed E-state index contributed by atoms with van der Waals surface area (Å²) in [7, 11) is 1.65. The van der Waals surface area contributed by atoms with Crippen molar-refractivity contribution in [3.05, 3.63) is 42.2 Å². The summed E-state index contributed by atoms with van der Waals surface area (Å²) in [6.45, 7) is 1.98. The lowest BCUT2D eigenvalue weighted by Crippen LogP contribution is -1.92. The summed E-state index contributed by atoms with van der Waals surface area (Å²) >= 11 is 1.85. The van der Waals surface area contributed by atoms with Crippen molar-refractivity contribution in [2.45, 2.75) is 6.92 Å². The monoisotopic (exact) mass is 341 g/mol. The Labute approximate surface area is 114 Å². The highest BCUT2D eigenvalue weighted by molar-refractivity contribution is 14.1. The maximum Gasteiger partial charge on any atom is 0.192 e. The number of nitrogens with zero attached hydrogens (tertiary/aromatic N) is 1. The first-order valence-electron chi connectivity index (χ1n) is 5.15. The van der Waals surface area contributed by atoms with E-state index in [1.807, 2.05) is 60.3 Å². The Balaban J connectivity index is 2.56. The predicted octanol–water partition coefficient (Wildman–Crippen LogP) is 3.79. The van der Waals surface area contributed by atoms with Crippen LogP contribution in [0.2, 0.25) is 0 Å². The van der Waals surface area contributed by atoms with E-state index in [1.165, 1.54) is 0 Å². The quantitative estimate of drug-likeness (QED) is 0.796. The maximum absolute atomic E-state index is 5.39. The zero-order valence-electron chi connectivity index (χ0n) is 9.61. The highest BCUT2D eigenvalue weighted by atomic mass is 127. The normalized spacial score (nSPS) is 10.1. The van der Waals surface area contributed by atoms with E-state index < -0.39 is 0 Å². The molecule has 4 heteroatoms. The molecule has 0 spiro atoms. The number of methoxy groups -OCH3 is 1. The van der Waals surface area contributed by atoms with Crippen LogP contribution in [0.25, 0.3) is 11.1 Å². The Morgan fingerprint density at radius 1 is 1.18 bits per heavy atom. The Morgan fingerprint density at radius 3 is 2.65 bits per heavy atom. The molecule has 0 amide bonds. The van der Waals surface area contributed by atoms with Crippen molar-refractivity contribution in [3.8, 4) is 22.6 Å². The minimum absolute atomic E-state index is 0.771. The van der Waals surface area contributed by atoms with Crippen LogP contribution in [0, 0.1) is 6.92 Å². The number of rotatable bonds is 3. The highest BCUT2D eigenvalue weighted by Gasteiger charge is 2.09. The molecule has 1 heterocycles. The summed E-state index contributed by atoms with van der Waals surface area (Å²) in [6, 6.07) is 9.72. The molecule has 0 N–H and O–H groups in total. The van der Waals surface area contributed by atoms with Crippen LogP contribution in [0.3, 0.4) is 0 Å². The summed E-state index contributed by atoms with van der Waals surface area (Å²) < 4.78 is 10.5. The Hall–Kier alpha value is -1.30. The molecule has 0 aliphatic carbocycles. The van der Waals surface area contributed by atoms with E-state index in [1.54, 1.807) is 13.3 Å². The van der Waals surface area contributed by atoms with Gasteiger partial charge in [-0.1, -0.05) is 6.07 Å². The molecule has 0 aliphatic rings. The van der Waals surface area contributed by atoms with Crippen LogP contribution in [0.4, 0.5) is 0 Å². The molecule has 0 atom stereocenters. The van der Waals surface area contributed by atoms with Crippen molar-refractivity contribution in [1.29, 1.82) is 0 Å². The van der Waals surface area contributed by atoms with Gasteiger partial charge in [-0.3, -0.25) is 4.98 Å². The number of ether oxygens (including phenoxy) is 1. The van der Waals surface area contributed by atoms with Crippen LogP contribution in [-0.2, 0) is 0 Å².